The van der Waals surface area contributed by atoms with Gasteiger partial charge in [0, 0.05) is 11.6 Å². The van der Waals surface area contributed by atoms with E-state index in [1.165, 1.54) is 38.3 Å². The van der Waals surface area contributed by atoms with Crippen molar-refractivity contribution in [2.24, 2.45) is 0 Å². The number of amides is 1. The molecule has 6 nitrogen and oxygen atoms in total. The van der Waals surface area contributed by atoms with Crippen LogP contribution < -0.4 is 14.8 Å². The second-order valence-electron chi connectivity index (χ2n) is 5.52. The summed E-state index contributed by atoms with van der Waals surface area (Å²) in [5.74, 6) is -1.05. The van der Waals surface area contributed by atoms with Crippen molar-refractivity contribution >= 4 is 23.6 Å². The molecule has 0 aromatic heterocycles. The lowest BCUT2D eigenvalue weighted by atomic mass is 10.2. The van der Waals surface area contributed by atoms with Crippen molar-refractivity contribution in [3.63, 3.8) is 0 Å². The summed E-state index contributed by atoms with van der Waals surface area (Å²) in [4.78, 5) is 24.1. The molecule has 1 N–H and O–H groups in total. The number of carbonyl (C=O) groups excluding carboxylic acids is 2. The number of rotatable bonds is 8. The summed E-state index contributed by atoms with van der Waals surface area (Å²) >= 11 is 0. The van der Waals surface area contributed by atoms with E-state index in [1.807, 2.05) is 0 Å². The number of ether oxygens (including phenoxy) is 3. The Kier molecular flexibility index (Phi) is 7.50. The minimum absolute atomic E-state index is 0.0419. The molecule has 0 aliphatic rings. The first kappa shape index (κ1) is 20.9. The lowest BCUT2D eigenvalue weighted by molar-refractivity contribution is -0.148. The summed E-state index contributed by atoms with van der Waals surface area (Å²) < 4.78 is 39.4. The third-order valence-electron chi connectivity index (χ3n) is 3.56. The van der Waals surface area contributed by atoms with E-state index < -0.39 is 24.6 Å². The highest BCUT2D eigenvalue weighted by atomic mass is 19.3. The maximum absolute atomic E-state index is 12.4. The highest BCUT2D eigenvalue weighted by Gasteiger charge is 2.19. The molecule has 0 saturated heterocycles. The average molecular weight is 391 g/mol. The molecule has 8 heteroatoms. The van der Waals surface area contributed by atoms with E-state index >= 15 is 0 Å². The molecule has 1 amide bonds. The maximum atomic E-state index is 12.4. The van der Waals surface area contributed by atoms with Gasteiger partial charge in [-0.2, -0.15) is 8.78 Å². The molecular weight excluding hydrogens is 372 g/mol. The van der Waals surface area contributed by atoms with Crippen LogP contribution in [0.5, 0.6) is 11.5 Å². The van der Waals surface area contributed by atoms with Crippen molar-refractivity contribution < 1.29 is 32.6 Å². The van der Waals surface area contributed by atoms with Gasteiger partial charge in [0.25, 0.3) is 5.91 Å². The zero-order chi connectivity index (χ0) is 20.5. The number of methoxy groups -OCH3 is 1. The standard InChI is InChI=1S/C20H19F2NO5/c1-13(19(25)23-15-8-4-6-10-17(15)28-20(21)22)27-18(24)12-11-14-7-3-5-9-16(14)26-2/h3-13,20H,1-2H3,(H,23,25)/b12-11+. The molecule has 148 valence electrons. The van der Waals surface area contributed by atoms with Gasteiger partial charge in [-0.05, 0) is 31.2 Å². The number of hydrogen-bond acceptors (Lipinski definition) is 5. The van der Waals surface area contributed by atoms with Crippen LogP contribution in [0.3, 0.4) is 0 Å². The Bertz CT molecular complexity index is 854. The zero-order valence-corrected chi connectivity index (χ0v) is 15.2. The fraction of sp³-hybridized carbons (Fsp3) is 0.200. The summed E-state index contributed by atoms with van der Waals surface area (Å²) in [7, 11) is 1.51. The number of para-hydroxylation sites is 3. The predicted molar refractivity (Wildman–Crippen MR) is 99.3 cm³/mol. The maximum Gasteiger partial charge on any atom is 0.387 e. The van der Waals surface area contributed by atoms with E-state index in [-0.39, 0.29) is 11.4 Å². The van der Waals surface area contributed by atoms with E-state index in [0.717, 1.165) is 6.08 Å². The summed E-state index contributed by atoms with van der Waals surface area (Å²) in [6, 6.07) is 12.8. The van der Waals surface area contributed by atoms with E-state index in [9.17, 15) is 18.4 Å². The third-order valence-corrected chi connectivity index (χ3v) is 3.56. The lowest BCUT2D eigenvalue weighted by Crippen LogP contribution is -2.29. The number of anilines is 1. The Morgan fingerprint density at radius 3 is 2.36 bits per heavy atom. The molecule has 0 heterocycles. The summed E-state index contributed by atoms with van der Waals surface area (Å²) in [5.41, 5.74) is 0.706. The predicted octanol–water partition coefficient (Wildman–Crippen LogP) is 3.88. The van der Waals surface area contributed by atoms with Gasteiger partial charge in [-0.25, -0.2) is 4.79 Å². The largest absolute Gasteiger partial charge is 0.496 e. The Hall–Kier alpha value is -3.42. The van der Waals surface area contributed by atoms with Crippen LogP contribution in [-0.2, 0) is 14.3 Å². The highest BCUT2D eigenvalue weighted by molar-refractivity contribution is 5.97. The van der Waals surface area contributed by atoms with Gasteiger partial charge >= 0.3 is 12.6 Å². The van der Waals surface area contributed by atoms with E-state index in [1.54, 1.807) is 30.3 Å². The minimum Gasteiger partial charge on any atom is -0.496 e. The molecule has 2 aromatic carbocycles. The van der Waals surface area contributed by atoms with Gasteiger partial charge in [0.05, 0.1) is 12.8 Å². The molecule has 28 heavy (non-hydrogen) atoms. The highest BCUT2D eigenvalue weighted by Crippen LogP contribution is 2.25. The molecule has 0 saturated carbocycles. The van der Waals surface area contributed by atoms with Crippen molar-refractivity contribution in [3.05, 3.63) is 60.2 Å². The number of halogens is 2. The Labute approximate surface area is 160 Å². The lowest BCUT2D eigenvalue weighted by Gasteiger charge is -2.15. The number of esters is 1. The van der Waals surface area contributed by atoms with Gasteiger partial charge < -0.3 is 19.5 Å². The first-order valence-corrected chi connectivity index (χ1v) is 8.27. The molecular formula is C20H19F2NO5. The number of benzene rings is 2. The first-order valence-electron chi connectivity index (χ1n) is 8.27. The van der Waals surface area contributed by atoms with Crippen LogP contribution in [-0.4, -0.2) is 31.7 Å². The van der Waals surface area contributed by atoms with Crippen molar-refractivity contribution in [2.75, 3.05) is 12.4 Å². The molecule has 0 radical (unpaired) electrons. The van der Waals surface area contributed by atoms with Crippen LogP contribution >= 0.6 is 0 Å². The Morgan fingerprint density at radius 1 is 1.04 bits per heavy atom. The number of alkyl halides is 2. The van der Waals surface area contributed by atoms with Gasteiger partial charge in [-0.1, -0.05) is 30.3 Å². The van der Waals surface area contributed by atoms with Crippen LogP contribution in [0.15, 0.2) is 54.6 Å². The minimum atomic E-state index is -3.03. The number of hydrogen-bond donors (Lipinski definition) is 1. The first-order chi connectivity index (χ1) is 13.4. The Balaban J connectivity index is 1.97. The normalized spacial score (nSPS) is 11.9. The van der Waals surface area contributed by atoms with Crippen molar-refractivity contribution in [3.8, 4) is 11.5 Å². The van der Waals surface area contributed by atoms with E-state index in [4.69, 9.17) is 9.47 Å². The van der Waals surface area contributed by atoms with Crippen LogP contribution in [0.4, 0.5) is 14.5 Å². The summed E-state index contributed by atoms with van der Waals surface area (Å²) in [5, 5.41) is 2.39. The van der Waals surface area contributed by atoms with Crippen LogP contribution in [0, 0.1) is 0 Å². The molecule has 2 aromatic rings. The molecule has 1 unspecified atom stereocenters. The molecule has 1 atom stereocenters. The van der Waals surface area contributed by atoms with Crippen molar-refractivity contribution in [1.29, 1.82) is 0 Å². The van der Waals surface area contributed by atoms with Gasteiger partial charge in [-0.15, -0.1) is 0 Å². The van der Waals surface area contributed by atoms with Crippen LogP contribution in [0.2, 0.25) is 0 Å². The van der Waals surface area contributed by atoms with Gasteiger partial charge in [0.1, 0.15) is 11.5 Å². The summed E-state index contributed by atoms with van der Waals surface area (Å²) in [6.45, 7) is -1.67. The van der Waals surface area contributed by atoms with Crippen molar-refractivity contribution in [1.82, 2.24) is 0 Å². The quantitative estimate of drug-likeness (QED) is 0.546. The van der Waals surface area contributed by atoms with Crippen molar-refractivity contribution in [2.45, 2.75) is 19.6 Å². The fourth-order valence-corrected chi connectivity index (χ4v) is 2.23. The second-order valence-corrected chi connectivity index (χ2v) is 5.52. The monoisotopic (exact) mass is 391 g/mol. The molecule has 0 bridgehead atoms. The smallest absolute Gasteiger partial charge is 0.387 e. The summed E-state index contributed by atoms with van der Waals surface area (Å²) in [6.07, 6.45) is 1.50. The zero-order valence-electron chi connectivity index (χ0n) is 15.2. The number of carbonyl (C=O) groups is 2. The Morgan fingerprint density at radius 2 is 1.68 bits per heavy atom. The van der Waals surface area contributed by atoms with Crippen LogP contribution in [0.1, 0.15) is 12.5 Å². The number of nitrogens with one attached hydrogen (secondary N) is 1. The average Bonchev–Trinajstić information content (AvgIpc) is 2.67. The molecule has 2 rings (SSSR count). The van der Waals surface area contributed by atoms with E-state index in [2.05, 4.69) is 10.1 Å². The molecule has 0 aliphatic heterocycles. The second kappa shape index (κ2) is 10.1. The molecule has 0 spiro atoms. The SMILES string of the molecule is COc1ccccc1/C=C/C(=O)OC(C)C(=O)Nc1ccccc1OC(F)F. The van der Waals surface area contributed by atoms with Gasteiger partial charge in [0.15, 0.2) is 6.10 Å². The molecule has 0 fully saturated rings. The topological polar surface area (TPSA) is 73.9 Å². The fourth-order valence-electron chi connectivity index (χ4n) is 2.23. The van der Waals surface area contributed by atoms with Crippen LogP contribution in [0.25, 0.3) is 6.08 Å². The van der Waals surface area contributed by atoms with Gasteiger partial charge in [0.2, 0.25) is 0 Å². The third kappa shape index (κ3) is 6.08. The molecule has 0 aliphatic carbocycles. The van der Waals surface area contributed by atoms with E-state index in [0.29, 0.717) is 11.3 Å². The van der Waals surface area contributed by atoms with Gasteiger partial charge in [-0.3, -0.25) is 4.79 Å².